The van der Waals surface area contributed by atoms with E-state index in [0.29, 0.717) is 17.2 Å². The molecule has 5 atom stereocenters. The van der Waals surface area contributed by atoms with Gasteiger partial charge in [-0.25, -0.2) is 0 Å². The Balaban J connectivity index is 1.67. The van der Waals surface area contributed by atoms with E-state index < -0.39 is 37.3 Å². The fraction of sp³-hybridized carbons (Fsp3) is 0.364. The maximum Gasteiger partial charge on any atom is 0.229 e. The molecule has 8 heteroatoms. The molecule has 1 aliphatic rings. The van der Waals surface area contributed by atoms with E-state index in [0.717, 1.165) is 11.1 Å². The molecule has 3 rings (SSSR count). The van der Waals surface area contributed by atoms with Crippen molar-refractivity contribution in [3.05, 3.63) is 53.6 Å². The van der Waals surface area contributed by atoms with Gasteiger partial charge in [0.1, 0.15) is 41.7 Å². The molecule has 8 nitrogen and oxygen atoms in total. The van der Waals surface area contributed by atoms with Crippen LogP contribution in [0.15, 0.2) is 42.5 Å². The zero-order valence-electron chi connectivity index (χ0n) is 16.7. The van der Waals surface area contributed by atoms with E-state index in [1.807, 2.05) is 36.4 Å². The van der Waals surface area contributed by atoms with Gasteiger partial charge in [0.05, 0.1) is 20.8 Å². The second-order valence-electron chi connectivity index (χ2n) is 6.86. The first-order valence-electron chi connectivity index (χ1n) is 9.43. The summed E-state index contributed by atoms with van der Waals surface area (Å²) < 4.78 is 21.5. The number of benzene rings is 2. The van der Waals surface area contributed by atoms with Crippen LogP contribution in [-0.4, -0.2) is 72.0 Å². The van der Waals surface area contributed by atoms with Gasteiger partial charge in [-0.1, -0.05) is 24.3 Å². The van der Waals surface area contributed by atoms with E-state index in [-0.39, 0.29) is 0 Å². The third kappa shape index (κ3) is 5.10. The smallest absolute Gasteiger partial charge is 0.229 e. The highest BCUT2D eigenvalue weighted by Gasteiger charge is 2.44. The highest BCUT2D eigenvalue weighted by atomic mass is 16.7. The average Bonchev–Trinajstić information content (AvgIpc) is 2.78. The van der Waals surface area contributed by atoms with Gasteiger partial charge in [-0.15, -0.1) is 0 Å². The molecule has 1 fully saturated rings. The number of hydrogen-bond donors (Lipinski definition) is 4. The Kier molecular flexibility index (Phi) is 7.30. The van der Waals surface area contributed by atoms with Crippen molar-refractivity contribution in [3.63, 3.8) is 0 Å². The van der Waals surface area contributed by atoms with E-state index in [4.69, 9.17) is 18.9 Å². The summed E-state index contributed by atoms with van der Waals surface area (Å²) in [5.74, 6) is 1.79. The summed E-state index contributed by atoms with van der Waals surface area (Å²) >= 11 is 0. The van der Waals surface area contributed by atoms with Crippen molar-refractivity contribution in [1.29, 1.82) is 0 Å². The van der Waals surface area contributed by atoms with E-state index in [2.05, 4.69) is 0 Å². The minimum atomic E-state index is -1.48. The number of ether oxygens (including phenoxy) is 4. The highest BCUT2D eigenvalue weighted by molar-refractivity contribution is 5.71. The molecule has 2 aromatic rings. The third-order valence-electron chi connectivity index (χ3n) is 4.82. The molecular formula is C22H26O8. The number of rotatable bonds is 7. The van der Waals surface area contributed by atoms with Gasteiger partial charge in [0.2, 0.25) is 6.29 Å². The van der Waals surface area contributed by atoms with Crippen molar-refractivity contribution >= 4 is 12.2 Å². The van der Waals surface area contributed by atoms with Crippen LogP contribution in [0.3, 0.4) is 0 Å². The van der Waals surface area contributed by atoms with Gasteiger partial charge in [0.15, 0.2) is 0 Å². The summed E-state index contributed by atoms with van der Waals surface area (Å²) in [4.78, 5) is 0. The lowest BCUT2D eigenvalue weighted by Gasteiger charge is -2.39. The number of aliphatic hydroxyl groups excluding tert-OH is 4. The Hall–Kier alpha value is -2.62. The van der Waals surface area contributed by atoms with Gasteiger partial charge in [-0.3, -0.25) is 0 Å². The average molecular weight is 418 g/mol. The predicted molar refractivity (Wildman–Crippen MR) is 109 cm³/mol. The van der Waals surface area contributed by atoms with Crippen LogP contribution in [0.5, 0.6) is 17.2 Å². The summed E-state index contributed by atoms with van der Waals surface area (Å²) in [6.45, 7) is -0.510. The van der Waals surface area contributed by atoms with Gasteiger partial charge >= 0.3 is 0 Å². The molecule has 0 radical (unpaired) electrons. The lowest BCUT2D eigenvalue weighted by atomic mass is 9.99. The lowest BCUT2D eigenvalue weighted by molar-refractivity contribution is -0.277. The van der Waals surface area contributed by atoms with Crippen molar-refractivity contribution in [2.75, 3.05) is 20.8 Å². The van der Waals surface area contributed by atoms with Gasteiger partial charge in [0, 0.05) is 6.07 Å². The molecule has 1 saturated heterocycles. The maximum absolute atomic E-state index is 10.1. The van der Waals surface area contributed by atoms with E-state index in [1.165, 1.54) is 0 Å². The van der Waals surface area contributed by atoms with Crippen LogP contribution in [0.25, 0.3) is 12.2 Å². The normalized spacial score (nSPS) is 26.5. The van der Waals surface area contributed by atoms with Gasteiger partial charge in [0.25, 0.3) is 0 Å². The van der Waals surface area contributed by atoms with Crippen molar-refractivity contribution < 1.29 is 39.4 Å². The van der Waals surface area contributed by atoms with Crippen molar-refractivity contribution in [3.8, 4) is 17.2 Å². The predicted octanol–water partition coefficient (Wildman–Crippen LogP) is 1.05. The summed E-state index contributed by atoms with van der Waals surface area (Å²) in [6, 6.07) is 12.6. The van der Waals surface area contributed by atoms with Crippen molar-refractivity contribution in [1.82, 2.24) is 0 Å². The molecule has 0 aliphatic carbocycles. The molecular weight excluding hydrogens is 392 g/mol. The molecule has 0 aromatic heterocycles. The molecule has 30 heavy (non-hydrogen) atoms. The van der Waals surface area contributed by atoms with Crippen LogP contribution >= 0.6 is 0 Å². The molecule has 1 aliphatic heterocycles. The summed E-state index contributed by atoms with van der Waals surface area (Å²) in [6.07, 6.45) is -2.77. The van der Waals surface area contributed by atoms with Crippen LogP contribution in [0.2, 0.25) is 0 Å². The Morgan fingerprint density at radius 3 is 1.97 bits per heavy atom. The summed E-state index contributed by atoms with van der Waals surface area (Å²) in [5, 5.41) is 39.0. The van der Waals surface area contributed by atoms with E-state index >= 15 is 0 Å². The number of hydrogen-bond acceptors (Lipinski definition) is 8. The molecule has 1 unspecified atom stereocenters. The van der Waals surface area contributed by atoms with Crippen LogP contribution in [0.4, 0.5) is 0 Å². The second kappa shape index (κ2) is 9.92. The number of methoxy groups -OCH3 is 2. The Morgan fingerprint density at radius 2 is 1.40 bits per heavy atom. The molecule has 0 bridgehead atoms. The van der Waals surface area contributed by atoms with Crippen molar-refractivity contribution in [2.45, 2.75) is 30.7 Å². The molecule has 0 saturated carbocycles. The van der Waals surface area contributed by atoms with E-state index in [9.17, 15) is 20.4 Å². The highest BCUT2D eigenvalue weighted by Crippen LogP contribution is 2.26. The largest absolute Gasteiger partial charge is 0.497 e. The minimum absolute atomic E-state index is 0.402. The molecule has 4 N–H and O–H groups in total. The maximum atomic E-state index is 10.1. The standard InChI is InChI=1S/C22H26O8/c1-27-16-9-14(10-17(11-16)28-2)4-3-13-5-7-15(8-6-13)29-22-21(26)20(25)19(24)18(12-23)30-22/h3-11,18-26H,12H2,1-2H3/b4-3+/t18-,19-,20+,21-,22?/m1/s1. The quantitative estimate of drug-likeness (QED) is 0.493. The fourth-order valence-corrected chi connectivity index (χ4v) is 3.07. The summed E-state index contributed by atoms with van der Waals surface area (Å²) in [5.41, 5.74) is 1.81. The minimum Gasteiger partial charge on any atom is -0.497 e. The topological polar surface area (TPSA) is 118 Å². The fourth-order valence-electron chi connectivity index (χ4n) is 3.07. The van der Waals surface area contributed by atoms with Crippen LogP contribution < -0.4 is 14.2 Å². The molecule has 162 valence electrons. The summed E-state index contributed by atoms with van der Waals surface area (Å²) in [7, 11) is 3.19. The second-order valence-corrected chi connectivity index (χ2v) is 6.86. The SMILES string of the molecule is COc1cc(/C=C/c2ccc(OC3O[C@H](CO)[C@@H](O)[C@H](O)[C@H]3O)cc2)cc(OC)c1. The lowest BCUT2D eigenvalue weighted by Crippen LogP contribution is -2.60. The molecule has 0 spiro atoms. The van der Waals surface area contributed by atoms with Crippen LogP contribution in [-0.2, 0) is 4.74 Å². The van der Waals surface area contributed by atoms with Gasteiger partial charge in [-0.2, -0.15) is 0 Å². The first kappa shape index (κ1) is 22.1. The van der Waals surface area contributed by atoms with Crippen molar-refractivity contribution in [2.24, 2.45) is 0 Å². The zero-order valence-corrected chi connectivity index (χ0v) is 16.7. The first-order chi connectivity index (χ1) is 14.4. The third-order valence-corrected chi connectivity index (χ3v) is 4.82. The molecule has 0 amide bonds. The van der Waals surface area contributed by atoms with Gasteiger partial charge < -0.3 is 39.4 Å². The Labute approximate surface area is 174 Å². The monoisotopic (exact) mass is 418 g/mol. The zero-order chi connectivity index (χ0) is 21.7. The van der Waals surface area contributed by atoms with Gasteiger partial charge in [-0.05, 0) is 35.4 Å². The van der Waals surface area contributed by atoms with Crippen LogP contribution in [0, 0.1) is 0 Å². The Morgan fingerprint density at radius 1 is 0.800 bits per heavy atom. The van der Waals surface area contributed by atoms with E-state index in [1.54, 1.807) is 32.4 Å². The number of aliphatic hydroxyl groups is 4. The first-order valence-corrected chi connectivity index (χ1v) is 9.43. The molecule has 2 aromatic carbocycles. The molecule has 1 heterocycles. The van der Waals surface area contributed by atoms with Crippen LogP contribution in [0.1, 0.15) is 11.1 Å². The Bertz CT molecular complexity index is 826.